The van der Waals surface area contributed by atoms with Crippen molar-refractivity contribution < 1.29 is 9.90 Å². The lowest BCUT2D eigenvalue weighted by Crippen LogP contribution is -2.20. The molecule has 0 radical (unpaired) electrons. The molecule has 1 aromatic carbocycles. The molecular weight excluding hydrogens is 210 g/mol. The second kappa shape index (κ2) is 3.87. The predicted molar refractivity (Wildman–Crippen MR) is 60.0 cm³/mol. The van der Waals surface area contributed by atoms with Gasteiger partial charge in [0.05, 0.1) is 0 Å². The summed E-state index contributed by atoms with van der Waals surface area (Å²) >= 11 is 1.79. The number of benzene rings is 1. The third-order valence-electron chi connectivity index (χ3n) is 2.55. The number of aliphatic carboxylic acids is 1. The van der Waals surface area contributed by atoms with Crippen molar-refractivity contribution in [2.45, 2.75) is 29.5 Å². The van der Waals surface area contributed by atoms with Crippen molar-refractivity contribution >= 4 is 17.7 Å². The fraction of sp³-hybridized carbons (Fsp3) is 0.364. The van der Waals surface area contributed by atoms with E-state index in [0.717, 1.165) is 6.42 Å². The minimum atomic E-state index is -0.981. The van der Waals surface area contributed by atoms with E-state index in [0.29, 0.717) is 10.8 Å². The van der Waals surface area contributed by atoms with Gasteiger partial charge in [-0.2, -0.15) is 0 Å². The van der Waals surface area contributed by atoms with E-state index < -0.39 is 12.0 Å². The lowest BCUT2D eigenvalue weighted by Gasteiger charge is -2.08. The van der Waals surface area contributed by atoms with Crippen molar-refractivity contribution in [2.75, 3.05) is 0 Å². The molecule has 1 aliphatic rings. The van der Waals surface area contributed by atoms with Crippen LogP contribution in [0.4, 0.5) is 0 Å². The Labute approximate surface area is 92.7 Å². The van der Waals surface area contributed by atoms with Gasteiger partial charge in [-0.3, -0.25) is 4.79 Å². The van der Waals surface area contributed by atoms with E-state index in [4.69, 9.17) is 10.8 Å². The summed E-state index contributed by atoms with van der Waals surface area (Å²) in [5.74, 6) is -0.981. The summed E-state index contributed by atoms with van der Waals surface area (Å²) in [5.41, 5.74) is 7.54. The number of carbonyl (C=O) groups is 1. The van der Waals surface area contributed by atoms with E-state index in [1.807, 2.05) is 18.2 Å². The highest BCUT2D eigenvalue weighted by Gasteiger charge is 2.21. The molecule has 2 rings (SSSR count). The van der Waals surface area contributed by atoms with Crippen LogP contribution in [-0.4, -0.2) is 16.3 Å². The highest BCUT2D eigenvalue weighted by atomic mass is 32.2. The second-order valence-electron chi connectivity index (χ2n) is 3.82. The van der Waals surface area contributed by atoms with Crippen LogP contribution in [0, 0.1) is 0 Å². The Morgan fingerprint density at radius 1 is 1.67 bits per heavy atom. The van der Waals surface area contributed by atoms with Gasteiger partial charge in [-0.1, -0.05) is 19.1 Å². The highest BCUT2D eigenvalue weighted by molar-refractivity contribution is 8.00. The molecular formula is C11H13NO2S. The van der Waals surface area contributed by atoms with E-state index in [1.165, 1.54) is 10.5 Å². The first-order valence-corrected chi connectivity index (χ1v) is 5.74. The third-order valence-corrected chi connectivity index (χ3v) is 3.75. The first-order valence-electron chi connectivity index (χ1n) is 4.86. The Balaban J connectivity index is 2.31. The molecule has 0 fully saturated rings. The largest absolute Gasteiger partial charge is 0.480 e. The van der Waals surface area contributed by atoms with Gasteiger partial charge in [0.2, 0.25) is 0 Å². The minimum absolute atomic E-state index is 0.580. The maximum atomic E-state index is 10.7. The molecule has 3 N–H and O–H groups in total. The highest BCUT2D eigenvalue weighted by Crippen LogP contribution is 2.37. The number of hydrogen-bond donors (Lipinski definition) is 2. The standard InChI is InChI=1S/C11H13NO2S/c1-6-4-7-2-3-8(5-9(7)15-6)10(12)11(13)14/h2-3,5-6,10H,4,12H2,1H3,(H,13,14). The van der Waals surface area contributed by atoms with Crippen molar-refractivity contribution in [1.29, 1.82) is 0 Å². The molecule has 0 saturated carbocycles. The molecule has 4 heteroatoms. The lowest BCUT2D eigenvalue weighted by atomic mass is 10.0. The first kappa shape index (κ1) is 10.5. The smallest absolute Gasteiger partial charge is 0.325 e. The van der Waals surface area contributed by atoms with Gasteiger partial charge in [-0.05, 0) is 23.6 Å². The number of nitrogens with two attached hydrogens (primary N) is 1. The SMILES string of the molecule is CC1Cc2ccc(C(N)C(=O)O)cc2S1. The normalized spacial score (nSPS) is 21.1. The fourth-order valence-corrected chi connectivity index (χ4v) is 2.96. The van der Waals surface area contributed by atoms with Crippen LogP contribution in [0.25, 0.3) is 0 Å². The Kier molecular flexibility index (Phi) is 2.71. The summed E-state index contributed by atoms with van der Waals surface area (Å²) in [6.07, 6.45) is 1.06. The maximum Gasteiger partial charge on any atom is 0.325 e. The zero-order chi connectivity index (χ0) is 11.0. The van der Waals surface area contributed by atoms with Gasteiger partial charge in [0, 0.05) is 10.1 Å². The summed E-state index contributed by atoms with van der Waals surface area (Å²) in [4.78, 5) is 11.9. The second-order valence-corrected chi connectivity index (χ2v) is 5.30. The van der Waals surface area contributed by atoms with Crippen molar-refractivity contribution in [2.24, 2.45) is 5.73 Å². The maximum absolute atomic E-state index is 10.7. The molecule has 1 aromatic rings. The summed E-state index contributed by atoms with van der Waals surface area (Å²) in [5, 5.41) is 9.38. The zero-order valence-corrected chi connectivity index (χ0v) is 9.25. The number of rotatable bonds is 2. The van der Waals surface area contributed by atoms with E-state index in [9.17, 15) is 4.79 Å². The van der Waals surface area contributed by atoms with Crippen LogP contribution in [0.1, 0.15) is 24.1 Å². The average molecular weight is 223 g/mol. The molecule has 2 unspecified atom stereocenters. The molecule has 0 aromatic heterocycles. The molecule has 0 spiro atoms. The molecule has 15 heavy (non-hydrogen) atoms. The van der Waals surface area contributed by atoms with Gasteiger partial charge in [0.1, 0.15) is 6.04 Å². The zero-order valence-electron chi connectivity index (χ0n) is 8.43. The van der Waals surface area contributed by atoms with Crippen molar-refractivity contribution in [3.05, 3.63) is 29.3 Å². The quantitative estimate of drug-likeness (QED) is 0.802. The van der Waals surface area contributed by atoms with Crippen LogP contribution in [0.3, 0.4) is 0 Å². The molecule has 1 heterocycles. The molecule has 0 saturated heterocycles. The molecule has 0 bridgehead atoms. The van der Waals surface area contributed by atoms with E-state index in [2.05, 4.69) is 6.92 Å². The number of hydrogen-bond acceptors (Lipinski definition) is 3. The fourth-order valence-electron chi connectivity index (χ4n) is 1.75. The van der Waals surface area contributed by atoms with Crippen LogP contribution in [-0.2, 0) is 11.2 Å². The van der Waals surface area contributed by atoms with E-state index >= 15 is 0 Å². The monoisotopic (exact) mass is 223 g/mol. The topological polar surface area (TPSA) is 63.3 Å². The van der Waals surface area contributed by atoms with Crippen LogP contribution in [0.2, 0.25) is 0 Å². The molecule has 80 valence electrons. The van der Waals surface area contributed by atoms with Gasteiger partial charge >= 0.3 is 5.97 Å². The predicted octanol–water partition coefficient (Wildman–Crippen LogP) is 1.81. The lowest BCUT2D eigenvalue weighted by molar-refractivity contribution is -0.138. The Hall–Kier alpha value is -1.00. The van der Waals surface area contributed by atoms with E-state index in [-0.39, 0.29) is 0 Å². The molecule has 1 aliphatic heterocycles. The third kappa shape index (κ3) is 2.01. The summed E-state index contributed by atoms with van der Waals surface area (Å²) < 4.78 is 0. The molecule has 0 aliphatic carbocycles. The summed E-state index contributed by atoms with van der Waals surface area (Å²) in [6, 6.07) is 4.80. The summed E-state index contributed by atoms with van der Waals surface area (Å²) in [6.45, 7) is 2.17. The van der Waals surface area contributed by atoms with Crippen LogP contribution < -0.4 is 5.73 Å². The van der Waals surface area contributed by atoms with Crippen LogP contribution in [0.5, 0.6) is 0 Å². The first-order chi connectivity index (χ1) is 7.08. The minimum Gasteiger partial charge on any atom is -0.480 e. The number of carboxylic acid groups (broad SMARTS) is 1. The van der Waals surface area contributed by atoms with E-state index in [1.54, 1.807) is 11.8 Å². The Morgan fingerprint density at radius 3 is 3.07 bits per heavy atom. The van der Waals surface area contributed by atoms with Gasteiger partial charge in [0.25, 0.3) is 0 Å². The Morgan fingerprint density at radius 2 is 2.40 bits per heavy atom. The summed E-state index contributed by atoms with van der Waals surface area (Å²) in [7, 11) is 0. The number of thioether (sulfide) groups is 1. The number of carboxylic acids is 1. The van der Waals surface area contributed by atoms with Gasteiger partial charge < -0.3 is 10.8 Å². The molecule has 2 atom stereocenters. The van der Waals surface area contributed by atoms with Crippen LogP contribution >= 0.6 is 11.8 Å². The van der Waals surface area contributed by atoms with Gasteiger partial charge in [-0.15, -0.1) is 11.8 Å². The van der Waals surface area contributed by atoms with Crippen molar-refractivity contribution in [1.82, 2.24) is 0 Å². The van der Waals surface area contributed by atoms with Crippen molar-refractivity contribution in [3.63, 3.8) is 0 Å². The van der Waals surface area contributed by atoms with Gasteiger partial charge in [-0.25, -0.2) is 0 Å². The van der Waals surface area contributed by atoms with Gasteiger partial charge in [0.15, 0.2) is 0 Å². The van der Waals surface area contributed by atoms with Crippen LogP contribution in [0.15, 0.2) is 23.1 Å². The molecule has 3 nitrogen and oxygen atoms in total. The molecule has 0 amide bonds. The number of fused-ring (bicyclic) bond motifs is 1. The average Bonchev–Trinajstić information content (AvgIpc) is 2.55. The van der Waals surface area contributed by atoms with Crippen molar-refractivity contribution in [3.8, 4) is 0 Å². The Bertz CT molecular complexity index is 406.